The number of halogens is 1. The number of amides is 1. The second-order valence-corrected chi connectivity index (χ2v) is 5.71. The van der Waals surface area contributed by atoms with Crippen LogP contribution in [-0.2, 0) is 9.53 Å². The van der Waals surface area contributed by atoms with Crippen LogP contribution in [0.5, 0.6) is 0 Å². The van der Waals surface area contributed by atoms with Gasteiger partial charge < -0.3 is 9.64 Å². The van der Waals surface area contributed by atoms with Crippen molar-refractivity contribution in [3.8, 4) is 6.07 Å². The molecule has 0 atom stereocenters. The third-order valence-electron chi connectivity index (χ3n) is 3.94. The number of nitro benzene ring substituents is 1. The molecule has 1 amide bonds. The van der Waals surface area contributed by atoms with E-state index >= 15 is 0 Å². The van der Waals surface area contributed by atoms with E-state index < -0.39 is 29.2 Å². The van der Waals surface area contributed by atoms with Crippen molar-refractivity contribution in [2.45, 2.75) is 13.3 Å². The molecule has 8 nitrogen and oxygen atoms in total. The summed E-state index contributed by atoms with van der Waals surface area (Å²) in [5.74, 6) is -1.98. The Balaban J connectivity index is 2.13. The van der Waals surface area contributed by atoms with Crippen LogP contribution in [0.1, 0.15) is 22.3 Å². The van der Waals surface area contributed by atoms with E-state index in [4.69, 9.17) is 10.00 Å². The fourth-order valence-corrected chi connectivity index (χ4v) is 2.51. The molecule has 9 heteroatoms. The molecule has 28 heavy (non-hydrogen) atoms. The van der Waals surface area contributed by atoms with Gasteiger partial charge in [-0.25, -0.2) is 9.18 Å². The molecule has 0 bridgehead atoms. The molecule has 0 saturated carbocycles. The standard InChI is InChI=1S/C19H16FN3O5/c1-13-16(4-2-5-17(13)23(26)27)19(25)28-12-18(24)22(11-3-10-21)15-8-6-14(20)7-9-15/h2,4-9H,3,11-12H2,1H3. The molecule has 0 N–H and O–H groups in total. The molecule has 2 aromatic rings. The molecule has 0 radical (unpaired) electrons. The lowest BCUT2D eigenvalue weighted by Gasteiger charge is -2.21. The second kappa shape index (κ2) is 9.23. The molecule has 144 valence electrons. The maximum absolute atomic E-state index is 13.1. The second-order valence-electron chi connectivity index (χ2n) is 5.71. The Hall–Kier alpha value is -3.80. The predicted molar refractivity (Wildman–Crippen MR) is 97.1 cm³/mol. The van der Waals surface area contributed by atoms with E-state index in [1.807, 2.05) is 6.07 Å². The first-order valence-electron chi connectivity index (χ1n) is 8.19. The Morgan fingerprint density at radius 2 is 1.93 bits per heavy atom. The van der Waals surface area contributed by atoms with Crippen LogP contribution in [0.4, 0.5) is 15.8 Å². The summed E-state index contributed by atoms with van der Waals surface area (Å²) in [7, 11) is 0. The third-order valence-corrected chi connectivity index (χ3v) is 3.94. The number of ether oxygens (including phenoxy) is 1. The summed E-state index contributed by atoms with van der Waals surface area (Å²) in [5.41, 5.74) is 0.226. The molecule has 0 aliphatic carbocycles. The van der Waals surface area contributed by atoms with Crippen molar-refractivity contribution in [1.82, 2.24) is 0 Å². The first-order valence-corrected chi connectivity index (χ1v) is 8.19. The minimum absolute atomic E-state index is 0.0210. The highest BCUT2D eigenvalue weighted by molar-refractivity contribution is 5.97. The van der Waals surface area contributed by atoms with E-state index in [0.29, 0.717) is 5.69 Å². The quantitative estimate of drug-likeness (QED) is 0.411. The molecule has 0 aliphatic heterocycles. The van der Waals surface area contributed by atoms with Gasteiger partial charge in [0.15, 0.2) is 6.61 Å². The van der Waals surface area contributed by atoms with Gasteiger partial charge in [-0.1, -0.05) is 6.07 Å². The highest BCUT2D eigenvalue weighted by Crippen LogP contribution is 2.22. The van der Waals surface area contributed by atoms with Gasteiger partial charge in [-0.15, -0.1) is 0 Å². The van der Waals surface area contributed by atoms with Crippen LogP contribution in [0, 0.1) is 34.2 Å². The highest BCUT2D eigenvalue weighted by Gasteiger charge is 2.22. The van der Waals surface area contributed by atoms with E-state index in [2.05, 4.69) is 0 Å². The molecule has 0 spiro atoms. The molecule has 0 fully saturated rings. The van der Waals surface area contributed by atoms with Crippen molar-refractivity contribution in [3.63, 3.8) is 0 Å². The van der Waals surface area contributed by atoms with Crippen molar-refractivity contribution < 1.29 is 23.6 Å². The maximum atomic E-state index is 13.1. The minimum atomic E-state index is -0.881. The summed E-state index contributed by atoms with van der Waals surface area (Å²) in [6.07, 6.45) is 0.0288. The maximum Gasteiger partial charge on any atom is 0.339 e. The normalized spacial score (nSPS) is 10.0. The Morgan fingerprint density at radius 1 is 1.25 bits per heavy atom. The molecule has 2 aromatic carbocycles. The average Bonchev–Trinajstić information content (AvgIpc) is 2.67. The zero-order valence-electron chi connectivity index (χ0n) is 14.9. The molecule has 0 aliphatic rings. The third kappa shape index (κ3) is 4.88. The van der Waals surface area contributed by atoms with Crippen molar-refractivity contribution in [1.29, 1.82) is 5.26 Å². The van der Waals surface area contributed by atoms with Crippen molar-refractivity contribution in [3.05, 3.63) is 69.5 Å². The summed E-state index contributed by atoms with van der Waals surface area (Å²) in [6.45, 7) is 0.812. The Labute approximate surface area is 159 Å². The number of hydrogen-bond acceptors (Lipinski definition) is 6. The molecule has 0 unspecified atom stereocenters. The van der Waals surface area contributed by atoms with Gasteiger partial charge in [0, 0.05) is 23.9 Å². The molecular formula is C19H16FN3O5. The fraction of sp³-hybridized carbons (Fsp3) is 0.211. The molecular weight excluding hydrogens is 369 g/mol. The summed E-state index contributed by atoms with van der Waals surface area (Å²) in [5, 5.41) is 19.7. The number of hydrogen-bond donors (Lipinski definition) is 0. The zero-order chi connectivity index (χ0) is 20.7. The van der Waals surface area contributed by atoms with E-state index in [9.17, 15) is 24.1 Å². The Bertz CT molecular complexity index is 938. The van der Waals surface area contributed by atoms with E-state index in [1.54, 1.807) is 0 Å². The topological polar surface area (TPSA) is 114 Å². The smallest absolute Gasteiger partial charge is 0.339 e. The van der Waals surface area contributed by atoms with Crippen LogP contribution in [0.25, 0.3) is 0 Å². The molecule has 0 aromatic heterocycles. The van der Waals surface area contributed by atoms with Gasteiger partial charge in [-0.05, 0) is 37.3 Å². The van der Waals surface area contributed by atoms with Crippen LogP contribution in [0.3, 0.4) is 0 Å². The largest absolute Gasteiger partial charge is 0.452 e. The van der Waals surface area contributed by atoms with Crippen molar-refractivity contribution in [2.24, 2.45) is 0 Å². The minimum Gasteiger partial charge on any atom is -0.452 e. The van der Waals surface area contributed by atoms with Gasteiger partial charge >= 0.3 is 5.97 Å². The van der Waals surface area contributed by atoms with Gasteiger partial charge in [0.2, 0.25) is 0 Å². The lowest BCUT2D eigenvalue weighted by atomic mass is 10.1. The first kappa shape index (κ1) is 20.5. The lowest BCUT2D eigenvalue weighted by Crippen LogP contribution is -2.35. The van der Waals surface area contributed by atoms with E-state index in [0.717, 1.165) is 0 Å². The summed E-state index contributed by atoms with van der Waals surface area (Å²) in [6, 6.07) is 11.0. The Morgan fingerprint density at radius 3 is 2.54 bits per heavy atom. The van der Waals surface area contributed by atoms with Gasteiger partial charge in [-0.2, -0.15) is 5.26 Å². The predicted octanol–water partition coefficient (Wildman–Crippen LogP) is 3.15. The summed E-state index contributed by atoms with van der Waals surface area (Å²) in [4.78, 5) is 36.3. The van der Waals surface area contributed by atoms with E-state index in [-0.39, 0.29) is 29.8 Å². The summed E-state index contributed by atoms with van der Waals surface area (Å²) >= 11 is 0. The van der Waals surface area contributed by atoms with Crippen LogP contribution in [-0.4, -0.2) is 30.0 Å². The monoisotopic (exact) mass is 385 g/mol. The number of carbonyl (C=O) groups is 2. The van der Waals surface area contributed by atoms with Crippen LogP contribution >= 0.6 is 0 Å². The number of nitro groups is 1. The first-order chi connectivity index (χ1) is 13.3. The SMILES string of the molecule is Cc1c(C(=O)OCC(=O)N(CCC#N)c2ccc(F)cc2)cccc1[N+](=O)[O-]. The number of nitriles is 1. The number of benzene rings is 2. The number of anilines is 1. The van der Waals surface area contributed by atoms with Crippen molar-refractivity contribution >= 4 is 23.3 Å². The zero-order valence-corrected chi connectivity index (χ0v) is 14.9. The Kier molecular flexibility index (Phi) is 6.76. The van der Waals surface area contributed by atoms with Gasteiger partial charge in [-0.3, -0.25) is 14.9 Å². The molecule has 2 rings (SSSR count). The number of rotatable bonds is 7. The van der Waals surface area contributed by atoms with Crippen LogP contribution in [0.2, 0.25) is 0 Å². The average molecular weight is 385 g/mol. The number of nitrogens with zero attached hydrogens (tertiary/aromatic N) is 3. The number of esters is 1. The highest BCUT2D eigenvalue weighted by atomic mass is 19.1. The van der Waals surface area contributed by atoms with Gasteiger partial charge in [0.05, 0.1) is 23.0 Å². The molecule has 0 saturated heterocycles. The fourth-order valence-electron chi connectivity index (χ4n) is 2.51. The van der Waals surface area contributed by atoms with E-state index in [1.165, 1.54) is 54.3 Å². The lowest BCUT2D eigenvalue weighted by molar-refractivity contribution is -0.385. The van der Waals surface area contributed by atoms with Gasteiger partial charge in [0.1, 0.15) is 5.82 Å². The van der Waals surface area contributed by atoms with Gasteiger partial charge in [0.25, 0.3) is 11.6 Å². The summed E-state index contributed by atoms with van der Waals surface area (Å²) < 4.78 is 18.1. The number of carbonyl (C=O) groups excluding carboxylic acids is 2. The molecule has 0 heterocycles. The van der Waals surface area contributed by atoms with Crippen LogP contribution < -0.4 is 4.90 Å². The van der Waals surface area contributed by atoms with Crippen LogP contribution in [0.15, 0.2) is 42.5 Å². The van der Waals surface area contributed by atoms with Crippen molar-refractivity contribution in [2.75, 3.05) is 18.1 Å².